The second-order valence-electron chi connectivity index (χ2n) is 5.51. The van der Waals surface area contributed by atoms with Gasteiger partial charge in [-0.15, -0.1) is 12.4 Å². The summed E-state index contributed by atoms with van der Waals surface area (Å²) in [7, 11) is 0. The summed E-state index contributed by atoms with van der Waals surface area (Å²) in [5, 5.41) is 8.74. The molecule has 9 nitrogen and oxygen atoms in total. The number of hydrogen-bond donors (Lipinski definition) is 4. The second kappa shape index (κ2) is 8.34. The van der Waals surface area contributed by atoms with Crippen LogP contribution < -0.4 is 17.2 Å². The Kier molecular flexibility index (Phi) is 6.75. The van der Waals surface area contributed by atoms with Gasteiger partial charge in [0, 0.05) is 18.7 Å². The molecule has 2 rings (SSSR count). The summed E-state index contributed by atoms with van der Waals surface area (Å²) in [6, 6.07) is 5.02. The lowest BCUT2D eigenvalue weighted by molar-refractivity contribution is -0.137. The predicted molar refractivity (Wildman–Crippen MR) is 93.3 cm³/mol. The van der Waals surface area contributed by atoms with E-state index >= 15 is 0 Å². The van der Waals surface area contributed by atoms with Gasteiger partial charge in [-0.25, -0.2) is 0 Å². The molecule has 136 valence electrons. The van der Waals surface area contributed by atoms with Gasteiger partial charge in [-0.2, -0.15) is 0 Å². The molecule has 25 heavy (non-hydrogen) atoms. The highest BCUT2D eigenvalue weighted by molar-refractivity contribution is 5.99. The van der Waals surface area contributed by atoms with Crippen molar-refractivity contribution in [2.45, 2.75) is 18.9 Å². The molecule has 0 aliphatic carbocycles. The van der Waals surface area contributed by atoms with Crippen molar-refractivity contribution < 1.29 is 19.5 Å². The van der Waals surface area contributed by atoms with Gasteiger partial charge in [-0.05, 0) is 17.2 Å². The molecule has 0 radical (unpaired) electrons. The number of carbonyl (C=O) groups excluding carboxylic acids is 2. The van der Waals surface area contributed by atoms with E-state index in [-0.39, 0.29) is 43.8 Å². The number of fused-ring (bicyclic) bond motifs is 1. The summed E-state index contributed by atoms with van der Waals surface area (Å²) >= 11 is 0. The Morgan fingerprint density at radius 2 is 1.96 bits per heavy atom. The summed E-state index contributed by atoms with van der Waals surface area (Å²) < 4.78 is 0. The number of carbonyl (C=O) groups is 3. The minimum Gasteiger partial charge on any atom is -0.481 e. The SMILES string of the molecule is Cl.NC(=O)C(CN=C(N)N)c1ccc2c(c1)C(=O)N(CCC(=O)O)C2. The minimum absolute atomic E-state index is 0. The lowest BCUT2D eigenvalue weighted by atomic mass is 9.95. The highest BCUT2D eigenvalue weighted by atomic mass is 35.5. The molecule has 0 fully saturated rings. The van der Waals surface area contributed by atoms with Gasteiger partial charge in [0.2, 0.25) is 5.91 Å². The lowest BCUT2D eigenvalue weighted by Crippen LogP contribution is -2.28. The van der Waals surface area contributed by atoms with Gasteiger partial charge < -0.3 is 27.2 Å². The van der Waals surface area contributed by atoms with Gasteiger partial charge in [0.1, 0.15) is 0 Å². The van der Waals surface area contributed by atoms with E-state index in [9.17, 15) is 14.4 Å². The van der Waals surface area contributed by atoms with E-state index < -0.39 is 17.8 Å². The van der Waals surface area contributed by atoms with Gasteiger partial charge >= 0.3 is 5.97 Å². The standard InChI is InChI=1S/C15H19N5O4.ClH/c16-13(23)11(6-19-15(17)18)8-1-2-9-7-20(4-3-12(21)22)14(24)10(9)5-8;/h1-2,5,11H,3-4,6-7H2,(H2,16,23)(H,21,22)(H4,17,18,19);1H. The zero-order chi connectivity index (χ0) is 17.9. The van der Waals surface area contributed by atoms with Gasteiger partial charge in [0.15, 0.2) is 5.96 Å². The van der Waals surface area contributed by atoms with Crippen LogP contribution in [0.25, 0.3) is 0 Å². The number of nitrogens with two attached hydrogens (primary N) is 3. The number of carboxylic acid groups (broad SMARTS) is 1. The van der Waals surface area contributed by atoms with Crippen LogP contribution in [0, 0.1) is 0 Å². The van der Waals surface area contributed by atoms with Crippen LogP contribution in [0.2, 0.25) is 0 Å². The van der Waals surface area contributed by atoms with Gasteiger partial charge in [0.25, 0.3) is 5.91 Å². The van der Waals surface area contributed by atoms with Crippen molar-refractivity contribution in [2.75, 3.05) is 13.1 Å². The van der Waals surface area contributed by atoms with Crippen LogP contribution in [0.15, 0.2) is 23.2 Å². The van der Waals surface area contributed by atoms with Crippen molar-refractivity contribution in [1.29, 1.82) is 0 Å². The Balaban J connectivity index is 0.00000312. The molecule has 0 aromatic heterocycles. The molecule has 0 saturated carbocycles. The Morgan fingerprint density at radius 1 is 1.28 bits per heavy atom. The van der Waals surface area contributed by atoms with Crippen LogP contribution >= 0.6 is 12.4 Å². The van der Waals surface area contributed by atoms with Crippen molar-refractivity contribution in [2.24, 2.45) is 22.2 Å². The topological polar surface area (TPSA) is 165 Å². The molecule has 10 heteroatoms. The molecule has 1 atom stereocenters. The third-order valence-electron chi connectivity index (χ3n) is 3.81. The van der Waals surface area contributed by atoms with Crippen LogP contribution in [-0.2, 0) is 16.1 Å². The molecule has 1 aliphatic rings. The molecule has 1 aromatic carbocycles. The zero-order valence-corrected chi connectivity index (χ0v) is 14.2. The number of benzene rings is 1. The predicted octanol–water partition coefficient (Wildman–Crippen LogP) is -0.619. The van der Waals surface area contributed by atoms with E-state index in [1.54, 1.807) is 18.2 Å². The van der Waals surface area contributed by atoms with Crippen molar-refractivity contribution >= 4 is 36.2 Å². The fraction of sp³-hybridized carbons (Fsp3) is 0.333. The summed E-state index contributed by atoms with van der Waals surface area (Å²) in [6.45, 7) is 0.468. The third-order valence-corrected chi connectivity index (χ3v) is 3.81. The normalized spacial score (nSPS) is 13.6. The van der Waals surface area contributed by atoms with E-state index in [1.165, 1.54) is 4.90 Å². The number of rotatable bonds is 7. The first-order valence-corrected chi connectivity index (χ1v) is 7.28. The molecular formula is C15H20ClN5O4. The molecule has 1 unspecified atom stereocenters. The average molecular weight is 370 g/mol. The number of amides is 2. The molecule has 1 aromatic rings. The largest absolute Gasteiger partial charge is 0.481 e. The summed E-state index contributed by atoms with van der Waals surface area (Å²) in [6.07, 6.45) is -0.124. The number of nitrogens with zero attached hydrogens (tertiary/aromatic N) is 2. The first-order valence-electron chi connectivity index (χ1n) is 7.28. The summed E-state index contributed by atoms with van der Waals surface area (Å²) in [5.41, 5.74) is 17.7. The van der Waals surface area contributed by atoms with Crippen molar-refractivity contribution in [3.05, 3.63) is 34.9 Å². The molecule has 7 N–H and O–H groups in total. The number of aliphatic imine (C=N–C) groups is 1. The van der Waals surface area contributed by atoms with E-state index in [4.69, 9.17) is 22.3 Å². The first-order chi connectivity index (χ1) is 11.3. The Bertz CT molecular complexity index is 718. The maximum absolute atomic E-state index is 12.4. The summed E-state index contributed by atoms with van der Waals surface area (Å²) in [5.74, 6) is -2.74. The highest BCUT2D eigenvalue weighted by Crippen LogP contribution is 2.27. The smallest absolute Gasteiger partial charge is 0.305 e. The number of hydrogen-bond acceptors (Lipinski definition) is 4. The van der Waals surface area contributed by atoms with Crippen LogP contribution in [0.5, 0.6) is 0 Å². The average Bonchev–Trinajstić information content (AvgIpc) is 2.81. The fourth-order valence-electron chi connectivity index (χ4n) is 2.56. The van der Waals surface area contributed by atoms with Crippen molar-refractivity contribution in [3.63, 3.8) is 0 Å². The molecule has 0 bridgehead atoms. The Hall–Kier alpha value is -2.81. The van der Waals surface area contributed by atoms with Gasteiger partial charge in [-0.3, -0.25) is 19.4 Å². The lowest BCUT2D eigenvalue weighted by Gasteiger charge is -2.13. The number of halogens is 1. The highest BCUT2D eigenvalue weighted by Gasteiger charge is 2.29. The molecule has 1 aliphatic heterocycles. The number of primary amides is 1. The minimum atomic E-state index is -0.967. The van der Waals surface area contributed by atoms with E-state index in [0.29, 0.717) is 17.7 Å². The number of aliphatic carboxylic acids is 1. The monoisotopic (exact) mass is 369 g/mol. The van der Waals surface area contributed by atoms with E-state index in [2.05, 4.69) is 4.99 Å². The second-order valence-corrected chi connectivity index (χ2v) is 5.51. The molecule has 0 spiro atoms. The molecule has 2 amide bonds. The molecule has 1 heterocycles. The maximum atomic E-state index is 12.4. The summed E-state index contributed by atoms with van der Waals surface area (Å²) in [4.78, 5) is 39.9. The van der Waals surface area contributed by atoms with Crippen LogP contribution in [-0.4, -0.2) is 46.8 Å². The van der Waals surface area contributed by atoms with Crippen molar-refractivity contribution in [3.8, 4) is 0 Å². The first kappa shape index (κ1) is 20.2. The maximum Gasteiger partial charge on any atom is 0.305 e. The van der Waals surface area contributed by atoms with Crippen LogP contribution in [0.3, 0.4) is 0 Å². The number of carboxylic acids is 1. The molecule has 0 saturated heterocycles. The van der Waals surface area contributed by atoms with Crippen LogP contribution in [0.1, 0.15) is 33.8 Å². The van der Waals surface area contributed by atoms with E-state index in [1.807, 2.05) is 0 Å². The van der Waals surface area contributed by atoms with Gasteiger partial charge in [0.05, 0.1) is 18.9 Å². The van der Waals surface area contributed by atoms with Crippen molar-refractivity contribution in [1.82, 2.24) is 4.90 Å². The quantitative estimate of drug-likeness (QED) is 0.369. The number of guanidine groups is 1. The van der Waals surface area contributed by atoms with Crippen LogP contribution in [0.4, 0.5) is 0 Å². The zero-order valence-electron chi connectivity index (χ0n) is 13.3. The fourth-order valence-corrected chi connectivity index (χ4v) is 2.56. The Morgan fingerprint density at radius 3 is 2.52 bits per heavy atom. The van der Waals surface area contributed by atoms with E-state index in [0.717, 1.165) is 5.56 Å². The third kappa shape index (κ3) is 4.83. The molecular weight excluding hydrogens is 350 g/mol. The van der Waals surface area contributed by atoms with Gasteiger partial charge in [-0.1, -0.05) is 12.1 Å². The Labute approximate surface area is 150 Å².